The van der Waals surface area contributed by atoms with Crippen LogP contribution >= 0.6 is 0 Å². The van der Waals surface area contributed by atoms with Gasteiger partial charge in [0.15, 0.2) is 12.2 Å². The Kier molecular flexibility index (Phi) is 5.14. The minimum Gasteiger partial charge on any atom is -0.452 e. The number of rotatable bonds is 4. The first-order chi connectivity index (χ1) is 12.0. The molecule has 1 aliphatic heterocycles. The number of oxazole rings is 1. The Bertz CT molecular complexity index is 755. The molecule has 1 aromatic carbocycles. The summed E-state index contributed by atoms with van der Waals surface area (Å²) in [7, 11) is 0. The zero-order chi connectivity index (χ0) is 17.8. The van der Waals surface area contributed by atoms with Gasteiger partial charge in [-0.25, -0.2) is 9.78 Å². The summed E-state index contributed by atoms with van der Waals surface area (Å²) in [6, 6.07) is 7.30. The van der Waals surface area contributed by atoms with Crippen LogP contribution in [0, 0.1) is 0 Å². The van der Waals surface area contributed by atoms with Crippen molar-refractivity contribution in [1.82, 2.24) is 9.88 Å². The Morgan fingerprint density at radius 1 is 1.28 bits per heavy atom. The number of esters is 1. The van der Waals surface area contributed by atoms with E-state index in [1.165, 1.54) is 12.2 Å². The summed E-state index contributed by atoms with van der Waals surface area (Å²) in [5.74, 6) is -0.545. The standard InChI is InChI=1S/C18H20N2O5/c1-12-9-20(10-13(2)24-12)17(21)11-23-18(22)8-7-16-19-14-5-3-4-6-15(14)25-16/h3-8,12-13H,9-11H2,1-2H3/b8-7+/t12-,13-/m0/s1. The number of carbonyl (C=O) groups is 2. The quantitative estimate of drug-likeness (QED) is 0.623. The summed E-state index contributed by atoms with van der Waals surface area (Å²) in [6.07, 6.45) is 2.57. The molecule has 1 aromatic heterocycles. The number of fused-ring (bicyclic) bond motifs is 1. The number of morpholine rings is 1. The molecule has 0 aliphatic carbocycles. The Balaban J connectivity index is 1.51. The van der Waals surface area contributed by atoms with Crippen LogP contribution in [-0.4, -0.2) is 53.7 Å². The number of ether oxygens (including phenoxy) is 2. The maximum absolute atomic E-state index is 12.1. The Morgan fingerprint density at radius 2 is 2.00 bits per heavy atom. The highest BCUT2D eigenvalue weighted by Crippen LogP contribution is 2.15. The molecule has 1 amide bonds. The first kappa shape index (κ1) is 17.2. The first-order valence-electron chi connectivity index (χ1n) is 8.15. The van der Waals surface area contributed by atoms with Crippen LogP contribution in [0.25, 0.3) is 17.2 Å². The number of nitrogens with zero attached hydrogens (tertiary/aromatic N) is 2. The monoisotopic (exact) mass is 344 g/mol. The lowest BCUT2D eigenvalue weighted by molar-refractivity contribution is -0.154. The van der Waals surface area contributed by atoms with Gasteiger partial charge < -0.3 is 18.8 Å². The number of amides is 1. The summed E-state index contributed by atoms with van der Waals surface area (Å²) < 4.78 is 16.0. The van der Waals surface area contributed by atoms with Crippen LogP contribution in [0.15, 0.2) is 34.8 Å². The van der Waals surface area contributed by atoms with E-state index in [9.17, 15) is 9.59 Å². The van der Waals surface area contributed by atoms with Crippen LogP contribution in [0.1, 0.15) is 19.7 Å². The largest absolute Gasteiger partial charge is 0.452 e. The fourth-order valence-corrected chi connectivity index (χ4v) is 2.75. The Morgan fingerprint density at radius 3 is 2.72 bits per heavy atom. The molecule has 0 spiro atoms. The Hall–Kier alpha value is -2.67. The molecule has 25 heavy (non-hydrogen) atoms. The number of para-hydroxylation sites is 2. The smallest absolute Gasteiger partial charge is 0.331 e. The predicted octanol–water partition coefficient (Wildman–Crippen LogP) is 2.02. The zero-order valence-electron chi connectivity index (χ0n) is 14.2. The van der Waals surface area contributed by atoms with Crippen molar-refractivity contribution >= 4 is 29.1 Å². The van der Waals surface area contributed by atoms with Crippen molar-refractivity contribution in [2.45, 2.75) is 26.1 Å². The van der Waals surface area contributed by atoms with Crippen molar-refractivity contribution in [1.29, 1.82) is 0 Å². The van der Waals surface area contributed by atoms with E-state index in [-0.39, 0.29) is 24.7 Å². The van der Waals surface area contributed by atoms with Gasteiger partial charge in [-0.05, 0) is 26.0 Å². The van der Waals surface area contributed by atoms with E-state index in [0.29, 0.717) is 30.1 Å². The molecule has 2 aromatic rings. The van der Waals surface area contributed by atoms with E-state index < -0.39 is 5.97 Å². The molecule has 2 atom stereocenters. The second kappa shape index (κ2) is 7.48. The van der Waals surface area contributed by atoms with Gasteiger partial charge in [-0.1, -0.05) is 12.1 Å². The van der Waals surface area contributed by atoms with Crippen molar-refractivity contribution < 1.29 is 23.5 Å². The minimum atomic E-state index is -0.620. The summed E-state index contributed by atoms with van der Waals surface area (Å²) in [6.45, 7) is 4.52. The second-order valence-corrected chi connectivity index (χ2v) is 6.02. The average molecular weight is 344 g/mol. The molecule has 1 saturated heterocycles. The molecule has 7 heteroatoms. The normalized spacial score (nSPS) is 21.0. The molecular formula is C18H20N2O5. The lowest BCUT2D eigenvalue weighted by Crippen LogP contribution is -2.49. The van der Waals surface area contributed by atoms with Gasteiger partial charge in [0, 0.05) is 25.2 Å². The van der Waals surface area contributed by atoms with Gasteiger partial charge in [-0.2, -0.15) is 0 Å². The number of aromatic nitrogens is 1. The van der Waals surface area contributed by atoms with Crippen molar-refractivity contribution in [3.63, 3.8) is 0 Å². The number of benzene rings is 1. The van der Waals surface area contributed by atoms with Gasteiger partial charge >= 0.3 is 5.97 Å². The highest BCUT2D eigenvalue weighted by molar-refractivity contribution is 5.89. The topological polar surface area (TPSA) is 81.9 Å². The SMILES string of the molecule is C[C@H]1CN(C(=O)COC(=O)/C=C/c2nc3ccccc3o2)C[C@H](C)O1. The van der Waals surface area contributed by atoms with Gasteiger partial charge in [0.2, 0.25) is 5.89 Å². The first-order valence-corrected chi connectivity index (χ1v) is 8.15. The van der Waals surface area contributed by atoms with Crippen LogP contribution in [0.4, 0.5) is 0 Å². The molecule has 132 valence electrons. The van der Waals surface area contributed by atoms with E-state index in [1.807, 2.05) is 32.0 Å². The molecule has 2 heterocycles. The minimum absolute atomic E-state index is 0.0255. The van der Waals surface area contributed by atoms with Gasteiger partial charge in [-0.15, -0.1) is 0 Å². The van der Waals surface area contributed by atoms with Gasteiger partial charge in [0.25, 0.3) is 5.91 Å². The second-order valence-electron chi connectivity index (χ2n) is 6.02. The van der Waals surface area contributed by atoms with E-state index in [0.717, 1.165) is 0 Å². The number of hydrogen-bond donors (Lipinski definition) is 0. The van der Waals surface area contributed by atoms with Gasteiger partial charge in [-0.3, -0.25) is 4.79 Å². The molecule has 0 bridgehead atoms. The maximum atomic E-state index is 12.1. The van der Waals surface area contributed by atoms with Crippen LogP contribution in [0.2, 0.25) is 0 Å². The molecule has 1 fully saturated rings. The third-order valence-corrected chi connectivity index (χ3v) is 3.78. The average Bonchev–Trinajstić information content (AvgIpc) is 3.00. The van der Waals surface area contributed by atoms with Crippen LogP contribution < -0.4 is 0 Å². The summed E-state index contributed by atoms with van der Waals surface area (Å²) >= 11 is 0. The van der Waals surface area contributed by atoms with Crippen LogP contribution in [0.3, 0.4) is 0 Å². The Labute approximate surface area is 145 Å². The summed E-state index contributed by atoms with van der Waals surface area (Å²) in [5.41, 5.74) is 1.35. The third-order valence-electron chi connectivity index (χ3n) is 3.78. The van der Waals surface area contributed by atoms with Crippen molar-refractivity contribution in [3.05, 3.63) is 36.2 Å². The zero-order valence-corrected chi connectivity index (χ0v) is 14.2. The number of hydrogen-bond acceptors (Lipinski definition) is 6. The summed E-state index contributed by atoms with van der Waals surface area (Å²) in [4.78, 5) is 29.8. The highest BCUT2D eigenvalue weighted by atomic mass is 16.5. The highest BCUT2D eigenvalue weighted by Gasteiger charge is 2.26. The molecule has 3 rings (SSSR count). The van der Waals surface area contributed by atoms with Crippen molar-refractivity contribution in [2.75, 3.05) is 19.7 Å². The van der Waals surface area contributed by atoms with E-state index in [2.05, 4.69) is 4.98 Å². The fraction of sp³-hybridized carbons (Fsp3) is 0.389. The van der Waals surface area contributed by atoms with Crippen molar-refractivity contribution in [3.8, 4) is 0 Å². The van der Waals surface area contributed by atoms with Crippen molar-refractivity contribution in [2.24, 2.45) is 0 Å². The molecular weight excluding hydrogens is 324 g/mol. The van der Waals surface area contributed by atoms with Gasteiger partial charge in [0.1, 0.15) is 5.52 Å². The van der Waals surface area contributed by atoms with Gasteiger partial charge in [0.05, 0.1) is 12.2 Å². The van der Waals surface area contributed by atoms with E-state index in [4.69, 9.17) is 13.9 Å². The lowest BCUT2D eigenvalue weighted by Gasteiger charge is -2.35. The molecule has 0 unspecified atom stereocenters. The number of carbonyl (C=O) groups excluding carboxylic acids is 2. The predicted molar refractivity (Wildman–Crippen MR) is 90.6 cm³/mol. The molecule has 7 nitrogen and oxygen atoms in total. The van der Waals surface area contributed by atoms with E-state index >= 15 is 0 Å². The van der Waals surface area contributed by atoms with Crippen LogP contribution in [-0.2, 0) is 19.1 Å². The molecule has 0 N–H and O–H groups in total. The van der Waals surface area contributed by atoms with Crippen LogP contribution in [0.5, 0.6) is 0 Å². The fourth-order valence-electron chi connectivity index (χ4n) is 2.75. The summed E-state index contributed by atoms with van der Waals surface area (Å²) in [5, 5.41) is 0. The third kappa shape index (κ3) is 4.45. The maximum Gasteiger partial charge on any atom is 0.331 e. The van der Waals surface area contributed by atoms with E-state index in [1.54, 1.807) is 11.0 Å². The molecule has 0 radical (unpaired) electrons. The molecule has 1 aliphatic rings. The molecule has 0 saturated carbocycles. The lowest BCUT2D eigenvalue weighted by atomic mass is 10.2.